The van der Waals surface area contributed by atoms with Crippen LogP contribution in [0, 0.1) is 18.8 Å². The highest BCUT2D eigenvalue weighted by Crippen LogP contribution is 2.13. The van der Waals surface area contributed by atoms with E-state index in [-0.39, 0.29) is 6.04 Å². The first-order chi connectivity index (χ1) is 6.24. The Balaban J connectivity index is 2.69. The van der Waals surface area contributed by atoms with Gasteiger partial charge in [-0.3, -0.25) is 0 Å². The molecule has 1 unspecified atom stereocenters. The lowest BCUT2D eigenvalue weighted by molar-refractivity contribution is 0.754. The van der Waals surface area contributed by atoms with Gasteiger partial charge in [-0.05, 0) is 19.4 Å². The van der Waals surface area contributed by atoms with E-state index in [1.54, 1.807) is 0 Å². The van der Waals surface area contributed by atoms with E-state index in [1.807, 2.05) is 6.92 Å². The number of benzene rings is 1. The highest BCUT2D eigenvalue weighted by Gasteiger charge is 2.02. The zero-order chi connectivity index (χ0) is 9.68. The Morgan fingerprint density at radius 2 is 1.92 bits per heavy atom. The first-order valence-electron chi connectivity index (χ1n) is 4.46. The van der Waals surface area contributed by atoms with Crippen LogP contribution in [0.15, 0.2) is 24.3 Å². The summed E-state index contributed by atoms with van der Waals surface area (Å²) in [6, 6.07) is 8.34. The Hall–Kier alpha value is -1.26. The SMILES string of the molecule is CC#CCC(N)c1ccc(C)cc1. The summed E-state index contributed by atoms with van der Waals surface area (Å²) >= 11 is 0. The molecule has 0 aliphatic carbocycles. The van der Waals surface area contributed by atoms with Crippen molar-refractivity contribution in [2.75, 3.05) is 0 Å². The monoisotopic (exact) mass is 173 g/mol. The van der Waals surface area contributed by atoms with E-state index in [1.165, 1.54) is 5.56 Å². The van der Waals surface area contributed by atoms with Gasteiger partial charge in [0, 0.05) is 12.5 Å². The van der Waals surface area contributed by atoms with Gasteiger partial charge in [0.25, 0.3) is 0 Å². The molecule has 0 amide bonds. The molecule has 2 N–H and O–H groups in total. The van der Waals surface area contributed by atoms with Gasteiger partial charge in [-0.25, -0.2) is 0 Å². The molecule has 1 atom stereocenters. The van der Waals surface area contributed by atoms with Gasteiger partial charge in [-0.2, -0.15) is 0 Å². The van der Waals surface area contributed by atoms with Gasteiger partial charge in [-0.15, -0.1) is 11.8 Å². The zero-order valence-corrected chi connectivity index (χ0v) is 8.17. The smallest absolute Gasteiger partial charge is 0.0405 e. The summed E-state index contributed by atoms with van der Waals surface area (Å²) in [5, 5.41) is 0. The molecule has 1 aromatic carbocycles. The minimum Gasteiger partial charge on any atom is -0.323 e. The number of hydrogen-bond donors (Lipinski definition) is 1. The molecule has 13 heavy (non-hydrogen) atoms. The number of hydrogen-bond acceptors (Lipinski definition) is 1. The molecule has 0 bridgehead atoms. The molecule has 0 saturated carbocycles. The van der Waals surface area contributed by atoms with Crippen LogP contribution in [-0.2, 0) is 0 Å². The lowest BCUT2D eigenvalue weighted by atomic mass is 10.0. The Kier molecular flexibility index (Phi) is 3.54. The molecule has 1 heteroatoms. The van der Waals surface area contributed by atoms with Crippen molar-refractivity contribution in [1.29, 1.82) is 0 Å². The second-order valence-electron chi connectivity index (χ2n) is 3.15. The molecule has 0 aliphatic heterocycles. The standard InChI is InChI=1S/C12H15N/c1-3-4-5-12(13)11-8-6-10(2)7-9-11/h6-9,12H,5,13H2,1-2H3. The van der Waals surface area contributed by atoms with Crippen molar-refractivity contribution in [3.63, 3.8) is 0 Å². The van der Waals surface area contributed by atoms with E-state index in [0.29, 0.717) is 0 Å². The number of nitrogens with two attached hydrogens (primary N) is 1. The van der Waals surface area contributed by atoms with E-state index in [9.17, 15) is 0 Å². The van der Waals surface area contributed by atoms with Crippen molar-refractivity contribution >= 4 is 0 Å². The fourth-order valence-corrected chi connectivity index (χ4v) is 1.14. The lowest BCUT2D eigenvalue weighted by Gasteiger charge is -2.07. The second-order valence-corrected chi connectivity index (χ2v) is 3.15. The number of rotatable bonds is 2. The van der Waals surface area contributed by atoms with Crippen molar-refractivity contribution in [2.24, 2.45) is 5.73 Å². The highest BCUT2D eigenvalue weighted by atomic mass is 14.6. The van der Waals surface area contributed by atoms with Gasteiger partial charge < -0.3 is 5.73 Å². The normalized spacial score (nSPS) is 11.6. The summed E-state index contributed by atoms with van der Waals surface area (Å²) in [5.41, 5.74) is 8.35. The van der Waals surface area contributed by atoms with Crippen molar-refractivity contribution in [2.45, 2.75) is 26.3 Å². The van der Waals surface area contributed by atoms with Crippen LogP contribution < -0.4 is 5.73 Å². The Morgan fingerprint density at radius 3 is 2.46 bits per heavy atom. The van der Waals surface area contributed by atoms with Crippen LogP contribution in [0.3, 0.4) is 0 Å². The maximum Gasteiger partial charge on any atom is 0.0405 e. The average molecular weight is 173 g/mol. The van der Waals surface area contributed by atoms with Crippen LogP contribution in [0.4, 0.5) is 0 Å². The van der Waals surface area contributed by atoms with Gasteiger partial charge in [0.05, 0.1) is 0 Å². The van der Waals surface area contributed by atoms with Crippen LogP contribution in [0.1, 0.15) is 30.5 Å². The minimum absolute atomic E-state index is 0.0491. The van der Waals surface area contributed by atoms with E-state index in [0.717, 1.165) is 12.0 Å². The Morgan fingerprint density at radius 1 is 1.31 bits per heavy atom. The van der Waals surface area contributed by atoms with Crippen LogP contribution in [0.2, 0.25) is 0 Å². The van der Waals surface area contributed by atoms with E-state index < -0.39 is 0 Å². The van der Waals surface area contributed by atoms with E-state index in [2.05, 4.69) is 43.0 Å². The molecule has 0 aliphatic rings. The van der Waals surface area contributed by atoms with E-state index >= 15 is 0 Å². The quantitative estimate of drug-likeness (QED) is 0.683. The van der Waals surface area contributed by atoms with Gasteiger partial charge >= 0.3 is 0 Å². The molecule has 0 spiro atoms. The summed E-state index contributed by atoms with van der Waals surface area (Å²) < 4.78 is 0. The molecule has 1 rings (SSSR count). The molecule has 0 fully saturated rings. The summed E-state index contributed by atoms with van der Waals surface area (Å²) in [6.45, 7) is 3.91. The van der Waals surface area contributed by atoms with Gasteiger partial charge in [0.2, 0.25) is 0 Å². The van der Waals surface area contributed by atoms with Crippen LogP contribution >= 0.6 is 0 Å². The fraction of sp³-hybridized carbons (Fsp3) is 0.333. The predicted molar refractivity (Wildman–Crippen MR) is 56.2 cm³/mol. The van der Waals surface area contributed by atoms with Crippen molar-refractivity contribution < 1.29 is 0 Å². The molecule has 0 heterocycles. The van der Waals surface area contributed by atoms with Crippen LogP contribution in [-0.4, -0.2) is 0 Å². The fourth-order valence-electron chi connectivity index (χ4n) is 1.14. The second kappa shape index (κ2) is 4.69. The maximum atomic E-state index is 5.93. The first kappa shape index (κ1) is 9.83. The van der Waals surface area contributed by atoms with Gasteiger partial charge in [0.15, 0.2) is 0 Å². The maximum absolute atomic E-state index is 5.93. The van der Waals surface area contributed by atoms with Crippen molar-refractivity contribution in [1.82, 2.24) is 0 Å². The molecule has 1 nitrogen and oxygen atoms in total. The minimum atomic E-state index is 0.0491. The van der Waals surface area contributed by atoms with Gasteiger partial charge in [-0.1, -0.05) is 29.8 Å². The Bertz CT molecular complexity index is 313. The molecule has 68 valence electrons. The molecular formula is C12H15N. The topological polar surface area (TPSA) is 26.0 Å². The van der Waals surface area contributed by atoms with Crippen LogP contribution in [0.5, 0.6) is 0 Å². The largest absolute Gasteiger partial charge is 0.323 e. The van der Waals surface area contributed by atoms with Crippen molar-refractivity contribution in [3.8, 4) is 11.8 Å². The molecule has 0 aromatic heterocycles. The predicted octanol–water partition coefficient (Wildman–Crippen LogP) is 2.41. The third-order valence-corrected chi connectivity index (χ3v) is 2.00. The molecule has 0 saturated heterocycles. The molecule has 0 radical (unpaired) electrons. The number of aryl methyl sites for hydroxylation is 1. The summed E-state index contributed by atoms with van der Waals surface area (Å²) in [6.07, 6.45) is 0.736. The van der Waals surface area contributed by atoms with E-state index in [4.69, 9.17) is 5.73 Å². The Labute approximate surface area is 80.0 Å². The highest BCUT2D eigenvalue weighted by molar-refractivity contribution is 5.24. The molecule has 1 aromatic rings. The zero-order valence-electron chi connectivity index (χ0n) is 8.17. The lowest BCUT2D eigenvalue weighted by Crippen LogP contribution is -2.08. The third-order valence-electron chi connectivity index (χ3n) is 2.00. The van der Waals surface area contributed by atoms with Crippen LogP contribution in [0.25, 0.3) is 0 Å². The third kappa shape index (κ3) is 2.93. The van der Waals surface area contributed by atoms with Crippen molar-refractivity contribution in [3.05, 3.63) is 35.4 Å². The first-order valence-corrected chi connectivity index (χ1v) is 4.46. The molecular weight excluding hydrogens is 158 g/mol. The summed E-state index contributed by atoms with van der Waals surface area (Å²) in [5.74, 6) is 5.84. The average Bonchev–Trinajstić information content (AvgIpc) is 2.15. The van der Waals surface area contributed by atoms with Gasteiger partial charge in [0.1, 0.15) is 0 Å². The summed E-state index contributed by atoms with van der Waals surface area (Å²) in [4.78, 5) is 0. The summed E-state index contributed by atoms with van der Waals surface area (Å²) in [7, 11) is 0.